The molecule has 0 aromatic carbocycles. The van der Waals surface area contributed by atoms with E-state index < -0.39 is 0 Å². The van der Waals surface area contributed by atoms with Crippen molar-refractivity contribution in [3.8, 4) is 0 Å². The molecule has 0 aliphatic heterocycles. The van der Waals surface area contributed by atoms with Crippen molar-refractivity contribution in [3.63, 3.8) is 0 Å². The number of rotatable bonds is 0. The summed E-state index contributed by atoms with van der Waals surface area (Å²) in [5, 5.41) is 2.73. The van der Waals surface area contributed by atoms with E-state index in [-0.39, 0.29) is 59.1 Å². The molecule has 38 valence electrons. The molecule has 0 amide bonds. The number of nitrogens with one attached hydrogen (secondary N) is 1. The molecule has 0 bridgehead atoms. The van der Waals surface area contributed by atoms with Gasteiger partial charge in [-0.05, 0) is 18.9 Å². The molecule has 0 saturated heterocycles. The van der Waals surface area contributed by atoms with Crippen molar-refractivity contribution < 1.29 is 59.1 Å². The minimum absolute atomic E-state index is 0. The molecule has 0 radical (unpaired) electrons. The third-order valence-corrected chi connectivity index (χ3v) is 1.05. The van der Waals surface area contributed by atoms with Crippen molar-refractivity contribution in [2.24, 2.45) is 0 Å². The molecule has 0 aliphatic carbocycles. The molecule has 0 atom stereocenters. The quantitative estimate of drug-likeness (QED) is 0.232. The first-order chi connectivity index (χ1) is 3.29. The Balaban J connectivity index is 0. The zero-order valence-electron chi connectivity index (χ0n) is 5.46. The Bertz CT molecular complexity index is 206. The van der Waals surface area contributed by atoms with E-state index in [0.717, 1.165) is 0 Å². The van der Waals surface area contributed by atoms with Crippen LogP contribution >= 0.6 is 25.0 Å². The zero-order valence-corrected chi connectivity index (χ0v) is 11.2. The van der Waals surface area contributed by atoms with E-state index in [0.29, 0.717) is 4.64 Å². The Morgan fingerprint density at radius 1 is 1.56 bits per heavy atom. The number of thiol groups is 1. The number of hydrogen-bond acceptors (Lipinski definition) is 2. The van der Waals surface area contributed by atoms with Gasteiger partial charge >= 0.3 is 59.1 Å². The second kappa shape index (κ2) is 6.49. The van der Waals surface area contributed by atoms with Gasteiger partial charge in [0, 0.05) is 6.20 Å². The fourth-order valence-electron chi connectivity index (χ4n) is 0.326. The molecule has 0 unspecified atom stereocenters. The Morgan fingerprint density at radius 3 is 2.22 bits per heavy atom. The van der Waals surface area contributed by atoms with Crippen LogP contribution in [0.25, 0.3) is 0 Å². The van der Waals surface area contributed by atoms with E-state index in [4.69, 9.17) is 12.2 Å². The molecular formula is C3H4N2Na2S2+2. The van der Waals surface area contributed by atoms with Gasteiger partial charge in [-0.15, -0.1) is 0 Å². The minimum atomic E-state index is 0. The predicted octanol–water partition coefficient (Wildman–Crippen LogP) is -4.75. The zero-order chi connectivity index (χ0) is 5.28. The van der Waals surface area contributed by atoms with Crippen LogP contribution in [0.5, 0.6) is 0 Å². The Hall–Kier alpha value is 1.78. The number of aromatic nitrogens is 2. The van der Waals surface area contributed by atoms with Gasteiger partial charge in [-0.2, -0.15) is 0 Å². The Kier molecular flexibility index (Phi) is 9.64. The topological polar surface area (TPSA) is 20.7 Å². The summed E-state index contributed by atoms with van der Waals surface area (Å²) in [7, 11) is 0. The summed E-state index contributed by atoms with van der Waals surface area (Å²) in [4.78, 5) is 0. The maximum absolute atomic E-state index is 4.71. The van der Waals surface area contributed by atoms with Gasteiger partial charge in [-0.1, -0.05) is 12.2 Å². The first-order valence-corrected chi connectivity index (χ1v) is 2.57. The third-order valence-electron chi connectivity index (χ3n) is 0.592. The van der Waals surface area contributed by atoms with Crippen LogP contribution in [0, 0.1) is 4.64 Å². The summed E-state index contributed by atoms with van der Waals surface area (Å²) in [6, 6.07) is 1.77. The minimum Gasteiger partial charge on any atom is -0.278 e. The number of hydrogen-bond donors (Lipinski definition) is 2. The fourth-order valence-corrected chi connectivity index (χ4v) is 0.727. The van der Waals surface area contributed by atoms with Crippen LogP contribution in [0.2, 0.25) is 0 Å². The van der Waals surface area contributed by atoms with E-state index in [1.807, 2.05) is 0 Å². The number of H-pyrrole nitrogens is 1. The smallest absolute Gasteiger partial charge is 0.278 e. The van der Waals surface area contributed by atoms with Crippen LogP contribution in [0.3, 0.4) is 0 Å². The van der Waals surface area contributed by atoms with Crippen LogP contribution in [0.1, 0.15) is 0 Å². The first-order valence-electron chi connectivity index (χ1n) is 1.76. The molecule has 1 rings (SSSR count). The van der Waals surface area contributed by atoms with Crippen molar-refractivity contribution in [3.05, 3.63) is 16.9 Å². The second-order valence-corrected chi connectivity index (χ2v) is 2.01. The van der Waals surface area contributed by atoms with Crippen molar-refractivity contribution in [1.29, 1.82) is 0 Å². The molecule has 0 fully saturated rings. The van der Waals surface area contributed by atoms with Gasteiger partial charge in [0.2, 0.25) is 0 Å². The maximum atomic E-state index is 4.71. The molecule has 0 saturated carbocycles. The molecule has 1 aromatic rings. The molecule has 1 aromatic heterocycles. The molecular weight excluding hydrogens is 174 g/mol. The van der Waals surface area contributed by atoms with Crippen LogP contribution in [0.15, 0.2) is 12.3 Å². The first kappa shape index (κ1) is 13.4. The van der Waals surface area contributed by atoms with Gasteiger partial charge in [-0.25, -0.2) is 4.09 Å². The number of nitrogens with zero attached hydrogens (tertiary/aromatic N) is 1. The van der Waals surface area contributed by atoms with Gasteiger partial charge in [0.1, 0.15) is 4.64 Å². The van der Waals surface area contributed by atoms with E-state index in [2.05, 4.69) is 17.9 Å². The third kappa shape index (κ3) is 5.09. The Labute approximate surface area is 109 Å². The molecule has 1 heterocycles. The van der Waals surface area contributed by atoms with Gasteiger partial charge < -0.3 is 0 Å². The molecule has 0 aliphatic rings. The van der Waals surface area contributed by atoms with E-state index in [1.54, 1.807) is 12.3 Å². The second-order valence-electron chi connectivity index (χ2n) is 1.14. The van der Waals surface area contributed by atoms with Crippen LogP contribution in [0.4, 0.5) is 0 Å². The van der Waals surface area contributed by atoms with Gasteiger partial charge in [-0.3, -0.25) is 5.10 Å². The van der Waals surface area contributed by atoms with Crippen molar-refractivity contribution in [2.75, 3.05) is 0 Å². The summed E-state index contributed by atoms with van der Waals surface area (Å²) in [5.74, 6) is 0. The summed E-state index contributed by atoms with van der Waals surface area (Å²) < 4.78 is 2.21. The van der Waals surface area contributed by atoms with Crippen LogP contribution in [-0.4, -0.2) is 9.19 Å². The van der Waals surface area contributed by atoms with Crippen LogP contribution < -0.4 is 59.1 Å². The van der Waals surface area contributed by atoms with Gasteiger partial charge in [0.05, 0.1) is 0 Å². The molecule has 2 nitrogen and oxygen atoms in total. The SMILES string of the molecule is S=c1ccn(S)[nH]1.[Na+].[Na+]. The average molecular weight is 178 g/mol. The Morgan fingerprint density at radius 2 is 2.11 bits per heavy atom. The average Bonchev–Trinajstić information content (AvgIpc) is 1.87. The monoisotopic (exact) mass is 178 g/mol. The maximum Gasteiger partial charge on any atom is 1.00 e. The van der Waals surface area contributed by atoms with Crippen molar-refractivity contribution >= 4 is 25.0 Å². The summed E-state index contributed by atoms with van der Waals surface area (Å²) in [6.07, 6.45) is 1.74. The predicted molar refractivity (Wildman–Crippen MR) is 34.0 cm³/mol. The molecule has 0 spiro atoms. The molecule has 9 heavy (non-hydrogen) atoms. The summed E-state index contributed by atoms with van der Waals surface area (Å²) >= 11 is 8.61. The fraction of sp³-hybridized carbons (Fsp3) is 0. The van der Waals surface area contributed by atoms with Crippen molar-refractivity contribution in [2.45, 2.75) is 0 Å². The molecule has 1 N–H and O–H groups in total. The number of aromatic amines is 1. The summed E-state index contributed by atoms with van der Waals surface area (Å²) in [6.45, 7) is 0. The van der Waals surface area contributed by atoms with Gasteiger partial charge in [0.15, 0.2) is 0 Å². The normalized spacial score (nSPS) is 7.22. The van der Waals surface area contributed by atoms with E-state index >= 15 is 0 Å². The van der Waals surface area contributed by atoms with Crippen molar-refractivity contribution in [1.82, 2.24) is 9.19 Å². The standard InChI is InChI=1S/C3H4N2S2.2Na/c6-3-1-2-5(7)4-3;;/h1-2,7H,(H,4,6);;/q;2*+1. The van der Waals surface area contributed by atoms with E-state index in [1.165, 1.54) is 4.09 Å². The van der Waals surface area contributed by atoms with Crippen LogP contribution in [-0.2, 0) is 0 Å². The largest absolute Gasteiger partial charge is 1.00 e. The van der Waals surface area contributed by atoms with E-state index in [9.17, 15) is 0 Å². The van der Waals surface area contributed by atoms with Gasteiger partial charge in [0.25, 0.3) is 0 Å². The summed E-state index contributed by atoms with van der Waals surface area (Å²) in [5.41, 5.74) is 0. The molecule has 6 heteroatoms.